The fraction of sp³-hybridized carbons (Fsp3) is 0.364. The number of aryl methyl sites for hydroxylation is 3. The molecule has 0 fully saturated rings. The molecule has 1 atom stereocenters. The Morgan fingerprint density at radius 2 is 1.67 bits per heavy atom. The molecular formula is C22H27NO4. The molecule has 0 aliphatic carbocycles. The average Bonchev–Trinajstić information content (AvgIpc) is 2.64. The molecule has 144 valence electrons. The van der Waals surface area contributed by atoms with E-state index in [4.69, 9.17) is 9.47 Å². The molecule has 0 bridgehead atoms. The van der Waals surface area contributed by atoms with Gasteiger partial charge < -0.3 is 14.8 Å². The Bertz CT molecular complexity index is 829. The van der Waals surface area contributed by atoms with E-state index in [9.17, 15) is 9.59 Å². The topological polar surface area (TPSA) is 64.6 Å². The fourth-order valence-corrected chi connectivity index (χ4v) is 2.59. The zero-order chi connectivity index (χ0) is 20.0. The van der Waals surface area contributed by atoms with Crippen molar-refractivity contribution < 1.29 is 19.1 Å². The number of carbonyl (C=O) groups is 2. The average molecular weight is 369 g/mol. The van der Waals surface area contributed by atoms with Gasteiger partial charge >= 0.3 is 5.97 Å². The number of benzene rings is 2. The summed E-state index contributed by atoms with van der Waals surface area (Å²) in [6, 6.07) is 10.9. The van der Waals surface area contributed by atoms with Crippen molar-refractivity contribution >= 4 is 17.6 Å². The van der Waals surface area contributed by atoms with Crippen molar-refractivity contribution in [2.75, 3.05) is 11.9 Å². The normalized spacial score (nSPS) is 11.6. The highest BCUT2D eigenvalue weighted by atomic mass is 16.5. The van der Waals surface area contributed by atoms with Crippen molar-refractivity contribution in [2.45, 2.75) is 47.1 Å². The Morgan fingerprint density at radius 1 is 0.963 bits per heavy atom. The van der Waals surface area contributed by atoms with Gasteiger partial charge in [0.1, 0.15) is 5.75 Å². The highest BCUT2D eigenvalue weighted by Crippen LogP contribution is 2.21. The quantitative estimate of drug-likeness (QED) is 0.725. The van der Waals surface area contributed by atoms with Crippen LogP contribution < -0.4 is 10.1 Å². The molecule has 2 aromatic rings. The monoisotopic (exact) mass is 369 g/mol. The van der Waals surface area contributed by atoms with Crippen LogP contribution in [0.2, 0.25) is 0 Å². The lowest BCUT2D eigenvalue weighted by molar-refractivity contribution is -0.122. The smallest absolute Gasteiger partial charge is 0.338 e. The third-order valence-electron chi connectivity index (χ3n) is 4.43. The molecule has 0 saturated carbocycles. The van der Waals surface area contributed by atoms with Crippen molar-refractivity contribution in [3.8, 4) is 5.75 Å². The molecule has 1 amide bonds. The summed E-state index contributed by atoms with van der Waals surface area (Å²) in [6.07, 6.45) is -0.104. The van der Waals surface area contributed by atoms with Gasteiger partial charge in [-0.05, 0) is 75.1 Å². The van der Waals surface area contributed by atoms with E-state index in [1.807, 2.05) is 45.9 Å². The summed E-state index contributed by atoms with van der Waals surface area (Å²) >= 11 is 0. The Morgan fingerprint density at radius 3 is 2.30 bits per heavy atom. The first-order valence-electron chi connectivity index (χ1n) is 9.18. The molecule has 0 unspecified atom stereocenters. The summed E-state index contributed by atoms with van der Waals surface area (Å²) in [5.74, 6) is 0.00311. The number of rotatable bonds is 7. The molecular weight excluding hydrogens is 342 g/mol. The summed E-state index contributed by atoms with van der Waals surface area (Å²) in [7, 11) is 0. The highest BCUT2D eigenvalue weighted by Gasteiger charge is 2.20. The summed E-state index contributed by atoms with van der Waals surface area (Å²) in [6.45, 7) is 9.86. The number of nitrogens with one attached hydrogen (secondary N) is 1. The van der Waals surface area contributed by atoms with Crippen molar-refractivity contribution in [2.24, 2.45) is 0 Å². The fourth-order valence-electron chi connectivity index (χ4n) is 2.59. The molecule has 0 spiro atoms. The summed E-state index contributed by atoms with van der Waals surface area (Å²) < 4.78 is 10.9. The maximum atomic E-state index is 12.7. The molecule has 1 N–H and O–H groups in total. The van der Waals surface area contributed by atoms with E-state index in [0.717, 1.165) is 11.1 Å². The first-order valence-corrected chi connectivity index (χ1v) is 9.18. The lowest BCUT2D eigenvalue weighted by atomic mass is 10.1. The predicted octanol–water partition coefficient (Wildman–Crippen LogP) is 4.58. The summed E-state index contributed by atoms with van der Waals surface area (Å²) in [5.41, 5.74) is 4.12. The Labute approximate surface area is 160 Å². The Hall–Kier alpha value is -2.82. The van der Waals surface area contributed by atoms with Crippen LogP contribution in [0.25, 0.3) is 0 Å². The van der Waals surface area contributed by atoms with Crippen LogP contribution in [0.15, 0.2) is 36.4 Å². The van der Waals surface area contributed by atoms with Crippen LogP contribution in [0, 0.1) is 20.8 Å². The first-order chi connectivity index (χ1) is 12.8. The molecule has 5 nitrogen and oxygen atoms in total. The van der Waals surface area contributed by atoms with Crippen LogP contribution in [0.4, 0.5) is 5.69 Å². The van der Waals surface area contributed by atoms with Crippen LogP contribution in [-0.2, 0) is 9.53 Å². The van der Waals surface area contributed by atoms with Gasteiger partial charge in [0.05, 0.1) is 12.2 Å². The van der Waals surface area contributed by atoms with Gasteiger partial charge in [0.15, 0.2) is 6.10 Å². The molecule has 2 rings (SSSR count). The van der Waals surface area contributed by atoms with E-state index >= 15 is 0 Å². The molecule has 0 aromatic heterocycles. The van der Waals surface area contributed by atoms with Crippen LogP contribution in [0.5, 0.6) is 5.75 Å². The minimum Gasteiger partial charge on any atom is -0.481 e. The zero-order valence-electron chi connectivity index (χ0n) is 16.6. The molecule has 5 heteroatoms. The lowest BCUT2D eigenvalue weighted by Gasteiger charge is -2.19. The van der Waals surface area contributed by atoms with Gasteiger partial charge in [-0.25, -0.2) is 4.79 Å². The minimum absolute atomic E-state index is 0.250. The second-order valence-electron chi connectivity index (χ2n) is 6.50. The molecule has 0 aliphatic rings. The number of ether oxygens (including phenoxy) is 2. The van der Waals surface area contributed by atoms with E-state index in [1.165, 1.54) is 5.56 Å². The minimum atomic E-state index is -0.627. The van der Waals surface area contributed by atoms with E-state index in [2.05, 4.69) is 5.32 Å². The van der Waals surface area contributed by atoms with E-state index in [1.54, 1.807) is 25.1 Å². The van der Waals surface area contributed by atoms with Gasteiger partial charge in [0.2, 0.25) is 0 Å². The predicted molar refractivity (Wildman–Crippen MR) is 106 cm³/mol. The number of amides is 1. The number of hydrogen-bond donors (Lipinski definition) is 1. The molecule has 0 saturated heterocycles. The number of hydrogen-bond acceptors (Lipinski definition) is 4. The van der Waals surface area contributed by atoms with Gasteiger partial charge in [0, 0.05) is 5.69 Å². The SMILES string of the molecule is CCOC(=O)c1ccc(C)c(NC(=O)[C@@H](CC)Oc2ccc(C)c(C)c2)c1. The number of esters is 1. The van der Waals surface area contributed by atoms with Gasteiger partial charge in [-0.3, -0.25) is 4.79 Å². The molecule has 0 aliphatic heterocycles. The van der Waals surface area contributed by atoms with Gasteiger partial charge in [-0.15, -0.1) is 0 Å². The van der Waals surface area contributed by atoms with E-state index < -0.39 is 12.1 Å². The molecule has 2 aromatic carbocycles. The van der Waals surface area contributed by atoms with Crippen LogP contribution in [0.3, 0.4) is 0 Å². The number of carbonyl (C=O) groups excluding carboxylic acids is 2. The standard InChI is InChI=1S/C22H27NO4/c1-6-20(27-18-11-9-14(3)16(5)12-18)21(24)23-19-13-17(10-8-15(19)4)22(25)26-7-2/h8-13,20H,6-7H2,1-5H3,(H,23,24)/t20-/m1/s1. The van der Waals surface area contributed by atoms with Crippen molar-refractivity contribution in [1.82, 2.24) is 0 Å². The molecule has 27 heavy (non-hydrogen) atoms. The van der Waals surface area contributed by atoms with Crippen molar-refractivity contribution in [3.05, 3.63) is 58.7 Å². The van der Waals surface area contributed by atoms with Gasteiger partial charge in [-0.1, -0.05) is 19.1 Å². The first kappa shape index (κ1) is 20.5. The summed E-state index contributed by atoms with van der Waals surface area (Å²) in [5, 5.41) is 2.87. The second kappa shape index (κ2) is 9.21. The van der Waals surface area contributed by atoms with Crippen LogP contribution in [0.1, 0.15) is 47.3 Å². The molecule has 0 radical (unpaired) electrons. The van der Waals surface area contributed by atoms with Crippen molar-refractivity contribution in [3.63, 3.8) is 0 Å². The van der Waals surface area contributed by atoms with Crippen LogP contribution >= 0.6 is 0 Å². The van der Waals surface area contributed by atoms with Crippen LogP contribution in [-0.4, -0.2) is 24.6 Å². The van der Waals surface area contributed by atoms with Gasteiger partial charge in [0.25, 0.3) is 5.91 Å². The van der Waals surface area contributed by atoms with E-state index in [-0.39, 0.29) is 5.91 Å². The van der Waals surface area contributed by atoms with Gasteiger partial charge in [-0.2, -0.15) is 0 Å². The lowest BCUT2D eigenvalue weighted by Crippen LogP contribution is -2.32. The Kier molecular flexibility index (Phi) is 6.99. The Balaban J connectivity index is 2.15. The zero-order valence-corrected chi connectivity index (χ0v) is 16.6. The highest BCUT2D eigenvalue weighted by molar-refractivity contribution is 5.97. The third kappa shape index (κ3) is 5.33. The maximum Gasteiger partial charge on any atom is 0.338 e. The third-order valence-corrected chi connectivity index (χ3v) is 4.43. The number of anilines is 1. The maximum absolute atomic E-state index is 12.7. The molecule has 0 heterocycles. The summed E-state index contributed by atoms with van der Waals surface area (Å²) in [4.78, 5) is 24.6. The van der Waals surface area contributed by atoms with E-state index in [0.29, 0.717) is 30.0 Å². The largest absolute Gasteiger partial charge is 0.481 e. The van der Waals surface area contributed by atoms with Crippen molar-refractivity contribution in [1.29, 1.82) is 0 Å². The second-order valence-corrected chi connectivity index (χ2v) is 6.50.